The molecule has 0 aliphatic rings. The fraction of sp³-hybridized carbons (Fsp3) is 0.381. The van der Waals surface area contributed by atoms with Gasteiger partial charge in [0, 0.05) is 5.69 Å². The molecule has 2 aromatic carbocycles. The molecular formula is C21H27NO2. The van der Waals surface area contributed by atoms with E-state index in [0.717, 1.165) is 29.0 Å². The first-order valence-electron chi connectivity index (χ1n) is 8.51. The maximum atomic E-state index is 12.2. The number of carbonyl (C=O) groups excluding carboxylic acids is 1. The van der Waals surface area contributed by atoms with Crippen molar-refractivity contribution in [2.75, 3.05) is 11.9 Å². The van der Waals surface area contributed by atoms with Gasteiger partial charge in [-0.2, -0.15) is 0 Å². The van der Waals surface area contributed by atoms with Gasteiger partial charge in [-0.3, -0.25) is 4.79 Å². The number of hydrogen-bond acceptors (Lipinski definition) is 2. The smallest absolute Gasteiger partial charge is 0.262 e. The number of anilines is 1. The normalized spacial score (nSPS) is 11.9. The Balaban J connectivity index is 1.94. The number of ether oxygens (including phenoxy) is 1. The Morgan fingerprint density at radius 3 is 2.21 bits per heavy atom. The van der Waals surface area contributed by atoms with E-state index in [0.29, 0.717) is 5.92 Å². The van der Waals surface area contributed by atoms with Gasteiger partial charge in [-0.25, -0.2) is 0 Å². The SMILES string of the molecule is CCC(C)c1ccc(OCC(=O)Nc2c(C)cc(C)cc2C)cc1. The second kappa shape index (κ2) is 8.00. The lowest BCUT2D eigenvalue weighted by atomic mass is 9.99. The van der Waals surface area contributed by atoms with E-state index in [-0.39, 0.29) is 12.5 Å². The van der Waals surface area contributed by atoms with Crippen molar-refractivity contribution in [3.05, 3.63) is 58.7 Å². The number of hydrogen-bond donors (Lipinski definition) is 1. The summed E-state index contributed by atoms with van der Waals surface area (Å²) >= 11 is 0. The van der Waals surface area contributed by atoms with Gasteiger partial charge < -0.3 is 10.1 Å². The third-order valence-corrected chi connectivity index (χ3v) is 4.37. The Morgan fingerprint density at radius 2 is 1.67 bits per heavy atom. The van der Waals surface area contributed by atoms with Gasteiger partial charge in [0.15, 0.2) is 6.61 Å². The molecule has 128 valence electrons. The van der Waals surface area contributed by atoms with Gasteiger partial charge in [-0.05, 0) is 61.9 Å². The third-order valence-electron chi connectivity index (χ3n) is 4.37. The molecule has 2 rings (SSSR count). The van der Waals surface area contributed by atoms with Crippen molar-refractivity contribution in [2.24, 2.45) is 0 Å². The third kappa shape index (κ3) is 4.60. The Labute approximate surface area is 145 Å². The number of amides is 1. The summed E-state index contributed by atoms with van der Waals surface area (Å²) in [6.45, 7) is 10.4. The molecule has 0 saturated carbocycles. The van der Waals surface area contributed by atoms with Gasteiger partial charge in [0.2, 0.25) is 0 Å². The molecule has 0 aromatic heterocycles. The summed E-state index contributed by atoms with van der Waals surface area (Å²) in [6.07, 6.45) is 1.11. The van der Waals surface area contributed by atoms with Gasteiger partial charge in [-0.1, -0.05) is 43.7 Å². The van der Waals surface area contributed by atoms with Crippen LogP contribution in [-0.4, -0.2) is 12.5 Å². The number of benzene rings is 2. The minimum absolute atomic E-state index is 0.00936. The highest BCUT2D eigenvalue weighted by Gasteiger charge is 2.09. The van der Waals surface area contributed by atoms with E-state index in [1.165, 1.54) is 11.1 Å². The molecule has 24 heavy (non-hydrogen) atoms. The van der Waals surface area contributed by atoms with Crippen molar-refractivity contribution in [1.82, 2.24) is 0 Å². The van der Waals surface area contributed by atoms with Gasteiger partial charge in [0.1, 0.15) is 5.75 Å². The molecule has 3 nitrogen and oxygen atoms in total. The minimum Gasteiger partial charge on any atom is -0.484 e. The summed E-state index contributed by atoms with van der Waals surface area (Å²) in [7, 11) is 0. The van der Waals surface area contributed by atoms with Crippen molar-refractivity contribution in [2.45, 2.75) is 47.0 Å². The fourth-order valence-electron chi connectivity index (χ4n) is 2.83. The van der Waals surface area contributed by atoms with Crippen LogP contribution in [0.25, 0.3) is 0 Å². The van der Waals surface area contributed by atoms with Crippen LogP contribution in [0.1, 0.15) is 48.4 Å². The number of aryl methyl sites for hydroxylation is 3. The van der Waals surface area contributed by atoms with E-state index in [9.17, 15) is 4.79 Å². The highest BCUT2D eigenvalue weighted by Crippen LogP contribution is 2.23. The Kier molecular flexibility index (Phi) is 6.02. The zero-order chi connectivity index (χ0) is 17.7. The standard InChI is InChI=1S/C21H27NO2/c1-6-15(3)18-7-9-19(10-8-18)24-13-20(23)22-21-16(4)11-14(2)12-17(21)5/h7-12,15H,6,13H2,1-5H3,(H,22,23). The van der Waals surface area contributed by atoms with E-state index < -0.39 is 0 Å². The quantitative estimate of drug-likeness (QED) is 0.798. The van der Waals surface area contributed by atoms with E-state index in [4.69, 9.17) is 4.74 Å². The summed E-state index contributed by atoms with van der Waals surface area (Å²) < 4.78 is 5.60. The maximum Gasteiger partial charge on any atom is 0.262 e. The van der Waals surface area contributed by atoms with Crippen molar-refractivity contribution < 1.29 is 9.53 Å². The average Bonchev–Trinajstić information content (AvgIpc) is 2.56. The van der Waals surface area contributed by atoms with Crippen molar-refractivity contribution in [1.29, 1.82) is 0 Å². The first-order valence-corrected chi connectivity index (χ1v) is 8.51. The summed E-state index contributed by atoms with van der Waals surface area (Å²) in [5, 5.41) is 2.95. The first-order chi connectivity index (χ1) is 11.4. The van der Waals surface area contributed by atoms with Crippen molar-refractivity contribution in [3.8, 4) is 5.75 Å². The number of nitrogens with one attached hydrogen (secondary N) is 1. The van der Waals surface area contributed by atoms with Crippen molar-refractivity contribution in [3.63, 3.8) is 0 Å². The van der Waals surface area contributed by atoms with Gasteiger partial charge in [0.25, 0.3) is 5.91 Å². The first kappa shape index (κ1) is 18.1. The molecule has 0 fully saturated rings. The zero-order valence-corrected chi connectivity index (χ0v) is 15.3. The highest BCUT2D eigenvalue weighted by atomic mass is 16.5. The highest BCUT2D eigenvalue weighted by molar-refractivity contribution is 5.93. The van der Waals surface area contributed by atoms with E-state index in [1.54, 1.807) is 0 Å². The van der Waals surface area contributed by atoms with Crippen molar-refractivity contribution >= 4 is 11.6 Å². The summed E-state index contributed by atoms with van der Waals surface area (Å²) in [4.78, 5) is 12.2. The van der Waals surface area contributed by atoms with Crippen LogP contribution < -0.4 is 10.1 Å². The fourth-order valence-corrected chi connectivity index (χ4v) is 2.83. The van der Waals surface area contributed by atoms with Crippen LogP contribution in [0.4, 0.5) is 5.69 Å². The lowest BCUT2D eigenvalue weighted by Crippen LogP contribution is -2.21. The Hall–Kier alpha value is -2.29. The molecule has 0 bridgehead atoms. The number of rotatable bonds is 6. The van der Waals surface area contributed by atoms with Gasteiger partial charge >= 0.3 is 0 Å². The van der Waals surface area contributed by atoms with E-state index in [2.05, 4.69) is 50.4 Å². The molecule has 1 atom stereocenters. The predicted octanol–water partition coefficient (Wildman–Crippen LogP) is 5.14. The van der Waals surface area contributed by atoms with Crippen LogP contribution in [0.5, 0.6) is 5.75 Å². The molecule has 0 radical (unpaired) electrons. The molecule has 0 aliphatic heterocycles. The van der Waals surface area contributed by atoms with Crippen LogP contribution in [0.15, 0.2) is 36.4 Å². The van der Waals surface area contributed by atoms with Gasteiger partial charge in [0.05, 0.1) is 0 Å². The molecule has 0 saturated heterocycles. The second-order valence-corrected chi connectivity index (χ2v) is 6.49. The molecule has 0 heterocycles. The topological polar surface area (TPSA) is 38.3 Å². The predicted molar refractivity (Wildman–Crippen MR) is 99.9 cm³/mol. The largest absolute Gasteiger partial charge is 0.484 e. The summed E-state index contributed by atoms with van der Waals surface area (Å²) in [5.74, 6) is 1.11. The van der Waals surface area contributed by atoms with E-state index >= 15 is 0 Å². The van der Waals surface area contributed by atoms with Crippen LogP contribution >= 0.6 is 0 Å². The monoisotopic (exact) mass is 325 g/mol. The summed E-state index contributed by atoms with van der Waals surface area (Å²) in [5.41, 5.74) is 5.50. The average molecular weight is 325 g/mol. The number of carbonyl (C=O) groups is 1. The molecule has 0 aliphatic carbocycles. The lowest BCUT2D eigenvalue weighted by Gasteiger charge is -2.14. The molecule has 1 N–H and O–H groups in total. The van der Waals surface area contributed by atoms with Gasteiger partial charge in [-0.15, -0.1) is 0 Å². The second-order valence-electron chi connectivity index (χ2n) is 6.49. The molecule has 3 heteroatoms. The Bertz CT molecular complexity index is 681. The van der Waals surface area contributed by atoms with Crippen LogP contribution in [0, 0.1) is 20.8 Å². The van der Waals surface area contributed by atoms with Crippen LogP contribution in [-0.2, 0) is 4.79 Å². The maximum absolute atomic E-state index is 12.2. The molecule has 1 amide bonds. The van der Waals surface area contributed by atoms with Crippen LogP contribution in [0.3, 0.4) is 0 Å². The lowest BCUT2D eigenvalue weighted by molar-refractivity contribution is -0.118. The zero-order valence-electron chi connectivity index (χ0n) is 15.3. The Morgan fingerprint density at radius 1 is 1.08 bits per heavy atom. The van der Waals surface area contributed by atoms with E-state index in [1.807, 2.05) is 26.0 Å². The van der Waals surface area contributed by atoms with Crippen LogP contribution in [0.2, 0.25) is 0 Å². The summed E-state index contributed by atoms with van der Waals surface area (Å²) in [6, 6.07) is 12.1. The molecule has 2 aromatic rings. The minimum atomic E-state index is -0.143. The molecular weight excluding hydrogens is 298 g/mol. The molecule has 1 unspecified atom stereocenters. The molecule has 0 spiro atoms.